The lowest BCUT2D eigenvalue weighted by atomic mass is 10.1. The van der Waals surface area contributed by atoms with E-state index in [2.05, 4.69) is 21.2 Å². The number of aliphatic carboxylic acids is 1. The minimum Gasteiger partial charge on any atom is -0.481 e. The third kappa shape index (κ3) is 8.21. The van der Waals surface area contributed by atoms with E-state index in [9.17, 15) is 24.0 Å². The fraction of sp³-hybridized carbons (Fsp3) is 0.321. The Balaban J connectivity index is 1.77. The smallest absolute Gasteiger partial charge is 0.419 e. The highest BCUT2D eigenvalue weighted by molar-refractivity contribution is 6.11. The number of nitrogens with one attached hydrogen (secondary N) is 4. The van der Waals surface area contributed by atoms with Gasteiger partial charge in [0.2, 0.25) is 6.79 Å². The molecule has 3 amide bonds. The maximum Gasteiger partial charge on any atom is 0.419 e. The number of carbonyl (C=O) groups is 5. The van der Waals surface area contributed by atoms with Gasteiger partial charge >= 0.3 is 18.0 Å². The molecule has 0 atom stereocenters. The summed E-state index contributed by atoms with van der Waals surface area (Å²) in [4.78, 5) is 62.0. The Kier molecular flexibility index (Phi) is 11.2. The topological polar surface area (TPSA) is 218 Å². The van der Waals surface area contributed by atoms with Crippen molar-refractivity contribution < 1.29 is 43.1 Å². The van der Waals surface area contributed by atoms with Gasteiger partial charge in [-0.05, 0) is 43.5 Å². The van der Waals surface area contributed by atoms with Gasteiger partial charge in [0.25, 0.3) is 11.8 Å². The number of carbonyl (C=O) groups excluding carboxylic acids is 4. The molecule has 0 radical (unpaired) electrons. The quantitative estimate of drug-likeness (QED) is 0.0814. The SMILES string of the molecule is CCCN(C(=O)OCOC(=O)CCC(=O)O)C(=O)c1cn(NC)c(C(=N)Nc2cc(C(=O)Nc3ccon3)ccc2C)c1C. The van der Waals surface area contributed by atoms with Crippen molar-refractivity contribution in [1.82, 2.24) is 14.7 Å². The van der Waals surface area contributed by atoms with E-state index in [4.69, 9.17) is 24.5 Å². The molecule has 1 aromatic carbocycles. The van der Waals surface area contributed by atoms with Gasteiger partial charge in [-0.3, -0.25) is 29.3 Å². The fourth-order valence-corrected chi connectivity index (χ4v) is 4.01. The maximum absolute atomic E-state index is 13.5. The molecule has 16 nitrogen and oxygen atoms in total. The van der Waals surface area contributed by atoms with Crippen molar-refractivity contribution in [2.24, 2.45) is 0 Å². The zero-order chi connectivity index (χ0) is 32.4. The van der Waals surface area contributed by atoms with Crippen LogP contribution in [0.25, 0.3) is 0 Å². The monoisotopic (exact) mass is 611 g/mol. The summed E-state index contributed by atoms with van der Waals surface area (Å²) in [6.45, 7) is 4.35. The highest BCUT2D eigenvalue weighted by Crippen LogP contribution is 2.23. The average Bonchev–Trinajstić information content (AvgIpc) is 3.62. The van der Waals surface area contributed by atoms with E-state index in [0.717, 1.165) is 10.5 Å². The van der Waals surface area contributed by atoms with Crippen LogP contribution in [0.15, 0.2) is 41.2 Å². The van der Waals surface area contributed by atoms with Crippen molar-refractivity contribution in [2.75, 3.05) is 36.4 Å². The number of benzene rings is 1. The summed E-state index contributed by atoms with van der Waals surface area (Å²) in [6.07, 6.45) is 1.25. The molecular formula is C28H33N7O9. The zero-order valence-electron chi connectivity index (χ0n) is 24.6. The molecule has 5 N–H and O–H groups in total. The summed E-state index contributed by atoms with van der Waals surface area (Å²) in [5.74, 6) is -3.06. The van der Waals surface area contributed by atoms with Crippen LogP contribution in [-0.2, 0) is 19.1 Å². The van der Waals surface area contributed by atoms with Crippen molar-refractivity contribution in [3.8, 4) is 0 Å². The second-order valence-electron chi connectivity index (χ2n) is 9.37. The standard InChI is InChI=1S/C28H33N7O9/c1-5-11-34(28(41)43-15-42-23(38)9-8-22(36)37)27(40)19-14-35(30-4)24(17(19)3)25(29)31-20-13-18(7-6-16(20)2)26(39)32-21-10-12-44-33-21/h6-7,10,12-14,30H,5,8-9,11,15H2,1-4H3,(H2,29,31)(H,36,37)(H,32,33,39). The molecule has 2 heterocycles. The van der Waals surface area contributed by atoms with Crippen molar-refractivity contribution in [2.45, 2.75) is 40.0 Å². The first-order valence-corrected chi connectivity index (χ1v) is 13.4. The van der Waals surface area contributed by atoms with E-state index in [1.165, 1.54) is 23.2 Å². The van der Waals surface area contributed by atoms with Gasteiger partial charge in [-0.25, -0.2) is 9.69 Å². The number of ether oxygens (including phenoxy) is 2. The van der Waals surface area contributed by atoms with E-state index in [0.29, 0.717) is 23.2 Å². The summed E-state index contributed by atoms with van der Waals surface area (Å²) in [5, 5.41) is 26.7. The Morgan fingerprint density at radius 1 is 1.09 bits per heavy atom. The molecule has 0 saturated heterocycles. The maximum atomic E-state index is 13.5. The number of rotatable bonds is 13. The van der Waals surface area contributed by atoms with E-state index in [1.807, 2.05) is 0 Å². The van der Waals surface area contributed by atoms with Gasteiger partial charge in [0, 0.05) is 37.1 Å². The number of imide groups is 1. The van der Waals surface area contributed by atoms with Crippen LogP contribution in [-0.4, -0.2) is 75.9 Å². The van der Waals surface area contributed by atoms with Gasteiger partial charge in [0.1, 0.15) is 17.8 Å². The third-order valence-corrected chi connectivity index (χ3v) is 6.26. The molecule has 3 rings (SSSR count). The third-order valence-electron chi connectivity index (χ3n) is 6.26. The average molecular weight is 612 g/mol. The number of hydrogen-bond acceptors (Lipinski definition) is 11. The molecule has 0 aliphatic heterocycles. The van der Waals surface area contributed by atoms with Crippen LogP contribution < -0.4 is 16.1 Å². The van der Waals surface area contributed by atoms with E-state index >= 15 is 0 Å². The van der Waals surface area contributed by atoms with Gasteiger partial charge in [-0.15, -0.1) is 0 Å². The number of carboxylic acid groups (broad SMARTS) is 1. The van der Waals surface area contributed by atoms with E-state index in [-0.39, 0.29) is 29.5 Å². The minimum absolute atomic E-state index is 0.0117. The summed E-state index contributed by atoms with van der Waals surface area (Å²) < 4.78 is 15.8. The van der Waals surface area contributed by atoms with Gasteiger partial charge in [0.05, 0.1) is 18.4 Å². The second kappa shape index (κ2) is 15.0. The molecule has 0 saturated carbocycles. The predicted molar refractivity (Wildman–Crippen MR) is 156 cm³/mol. The van der Waals surface area contributed by atoms with Crippen LogP contribution in [0.1, 0.15) is 63.7 Å². The lowest BCUT2D eigenvalue weighted by Gasteiger charge is -2.19. The van der Waals surface area contributed by atoms with Crippen molar-refractivity contribution in [3.63, 3.8) is 0 Å². The molecule has 0 bridgehead atoms. The van der Waals surface area contributed by atoms with Crippen LogP contribution in [0, 0.1) is 19.3 Å². The first-order valence-electron chi connectivity index (χ1n) is 13.4. The number of nitrogens with zero attached hydrogens (tertiary/aromatic N) is 3. The van der Waals surface area contributed by atoms with Gasteiger partial charge in [0.15, 0.2) is 5.82 Å². The molecule has 0 unspecified atom stereocenters. The first kappa shape index (κ1) is 32.8. The number of aromatic nitrogens is 2. The largest absolute Gasteiger partial charge is 0.481 e. The number of esters is 1. The van der Waals surface area contributed by atoms with Gasteiger partial charge in [-0.1, -0.05) is 18.1 Å². The summed E-state index contributed by atoms with van der Waals surface area (Å²) in [7, 11) is 1.58. The highest BCUT2D eigenvalue weighted by atomic mass is 16.7. The van der Waals surface area contributed by atoms with E-state index in [1.54, 1.807) is 46.0 Å². The molecule has 0 spiro atoms. The number of aryl methyl sites for hydroxylation is 1. The predicted octanol–water partition coefficient (Wildman–Crippen LogP) is 3.31. The molecule has 234 valence electrons. The highest BCUT2D eigenvalue weighted by Gasteiger charge is 2.29. The Morgan fingerprint density at radius 2 is 1.84 bits per heavy atom. The molecule has 0 fully saturated rings. The van der Waals surface area contributed by atoms with Crippen LogP contribution >= 0.6 is 0 Å². The Morgan fingerprint density at radius 3 is 2.48 bits per heavy atom. The molecule has 16 heteroatoms. The lowest BCUT2D eigenvalue weighted by Crippen LogP contribution is -2.38. The first-order chi connectivity index (χ1) is 21.0. The van der Waals surface area contributed by atoms with Gasteiger partial charge < -0.3 is 35.2 Å². The number of amides is 3. The number of hydrogen-bond donors (Lipinski definition) is 5. The molecule has 2 aromatic heterocycles. The summed E-state index contributed by atoms with van der Waals surface area (Å²) >= 11 is 0. The summed E-state index contributed by atoms with van der Waals surface area (Å²) in [6, 6.07) is 6.40. The van der Waals surface area contributed by atoms with Crippen LogP contribution in [0.5, 0.6) is 0 Å². The molecule has 0 aliphatic rings. The molecule has 44 heavy (non-hydrogen) atoms. The van der Waals surface area contributed by atoms with Crippen molar-refractivity contribution in [1.29, 1.82) is 5.41 Å². The van der Waals surface area contributed by atoms with Crippen LogP contribution in [0.4, 0.5) is 16.3 Å². The minimum atomic E-state index is -1.18. The van der Waals surface area contributed by atoms with Crippen LogP contribution in [0.3, 0.4) is 0 Å². The Labute approximate surface area is 251 Å². The van der Waals surface area contributed by atoms with Gasteiger partial charge in [-0.2, -0.15) is 0 Å². The van der Waals surface area contributed by atoms with Crippen molar-refractivity contribution in [3.05, 3.63) is 64.7 Å². The number of amidine groups is 1. The molecule has 0 aliphatic carbocycles. The molecular weight excluding hydrogens is 578 g/mol. The second-order valence-corrected chi connectivity index (χ2v) is 9.37. The fourth-order valence-electron chi connectivity index (χ4n) is 4.01. The zero-order valence-corrected chi connectivity index (χ0v) is 24.6. The number of anilines is 2. The Hall–Kier alpha value is -5.67. The van der Waals surface area contributed by atoms with Crippen molar-refractivity contribution >= 4 is 47.2 Å². The normalized spacial score (nSPS) is 10.5. The van der Waals surface area contributed by atoms with Crippen LogP contribution in [0.2, 0.25) is 0 Å². The summed E-state index contributed by atoms with van der Waals surface area (Å²) in [5.41, 5.74) is 5.14. The Bertz CT molecular complexity index is 1550. The van der Waals surface area contributed by atoms with E-state index < -0.39 is 49.5 Å². The molecule has 3 aromatic rings. The lowest BCUT2D eigenvalue weighted by molar-refractivity contribution is -0.154. The number of carboxylic acids is 1.